The Morgan fingerprint density at radius 2 is 0.823 bits per heavy atom. The van der Waals surface area contributed by atoms with Crippen LogP contribution in [-0.2, 0) is 27.9 Å². The summed E-state index contributed by atoms with van der Waals surface area (Å²) in [6.45, 7) is 6.82. The number of hydrogen-bond donors (Lipinski definition) is 2. The van der Waals surface area contributed by atoms with Crippen LogP contribution in [0.4, 0.5) is 0 Å². The fraction of sp³-hybridized carbons (Fsp3) is 0.710. The van der Waals surface area contributed by atoms with Crippen molar-refractivity contribution in [3.05, 3.63) is 109 Å². The van der Waals surface area contributed by atoms with Crippen LogP contribution in [0.25, 0.3) is 0 Å². The SMILES string of the molecule is CC/C=C\C/C=C\C/C=C\C/C=C\C/C=C\CCCC(=O)NC(COP(=O)(O)OCC[N+](C)(C)C)C(/C=C\CCCCCCCCCCCCC)OC(=O)CCCCCCCCCCCC/C=C\C/C=C\C/C=C\CCCCC. The molecule has 9 nitrogen and oxygen atoms in total. The fourth-order valence-electron chi connectivity index (χ4n) is 8.75. The lowest BCUT2D eigenvalue weighted by molar-refractivity contribution is -0.870. The van der Waals surface area contributed by atoms with Gasteiger partial charge in [0.2, 0.25) is 5.91 Å². The van der Waals surface area contributed by atoms with Gasteiger partial charge in [0.25, 0.3) is 0 Å². The van der Waals surface area contributed by atoms with Crippen LogP contribution in [0.2, 0.25) is 0 Å². The molecule has 10 heteroatoms. The first kappa shape index (κ1) is 75.7. The van der Waals surface area contributed by atoms with Gasteiger partial charge in [-0.05, 0) is 109 Å². The third-order valence-corrected chi connectivity index (χ3v) is 14.7. The molecule has 0 aromatic carbocycles. The van der Waals surface area contributed by atoms with Crippen molar-refractivity contribution in [3.63, 3.8) is 0 Å². The Labute approximate surface area is 487 Å². The van der Waals surface area contributed by atoms with Gasteiger partial charge in [-0.3, -0.25) is 18.6 Å². The number of nitrogens with one attached hydrogen (secondary N) is 1. The number of phosphoric acid groups is 1. The molecule has 3 atom stereocenters. The second-order valence-electron chi connectivity index (χ2n) is 22.5. The number of esters is 1. The molecule has 0 aromatic heterocycles. The first-order chi connectivity index (χ1) is 38.4. The van der Waals surface area contributed by atoms with Gasteiger partial charge in [-0.15, -0.1) is 0 Å². The molecule has 454 valence electrons. The van der Waals surface area contributed by atoms with E-state index in [1.54, 1.807) is 0 Å². The molecule has 0 spiro atoms. The molecule has 0 saturated carbocycles. The highest BCUT2D eigenvalue weighted by Gasteiger charge is 2.30. The second-order valence-corrected chi connectivity index (χ2v) is 24.0. The molecule has 0 rings (SSSR count). The fourth-order valence-corrected chi connectivity index (χ4v) is 9.48. The Kier molecular flexibility index (Phi) is 55.4. The predicted molar refractivity (Wildman–Crippen MR) is 341 cm³/mol. The van der Waals surface area contributed by atoms with E-state index in [-0.39, 0.29) is 37.9 Å². The smallest absolute Gasteiger partial charge is 0.456 e. The van der Waals surface area contributed by atoms with E-state index in [4.69, 9.17) is 13.8 Å². The van der Waals surface area contributed by atoms with Gasteiger partial charge in [0.1, 0.15) is 19.3 Å². The zero-order valence-corrected chi connectivity index (χ0v) is 52.7. The van der Waals surface area contributed by atoms with E-state index in [0.717, 1.165) is 103 Å². The molecule has 2 N–H and O–H groups in total. The molecule has 79 heavy (non-hydrogen) atoms. The highest BCUT2D eigenvalue weighted by molar-refractivity contribution is 7.47. The lowest BCUT2D eigenvalue weighted by atomic mass is 10.0. The van der Waals surface area contributed by atoms with Crippen molar-refractivity contribution in [1.29, 1.82) is 0 Å². The number of unbranched alkanes of at least 4 members (excludes halogenated alkanes) is 25. The van der Waals surface area contributed by atoms with E-state index < -0.39 is 20.0 Å². The van der Waals surface area contributed by atoms with Crippen LogP contribution in [0.5, 0.6) is 0 Å². The van der Waals surface area contributed by atoms with E-state index in [1.807, 2.05) is 33.3 Å². The second kappa shape index (κ2) is 57.9. The number of carbonyl (C=O) groups is 2. The Morgan fingerprint density at radius 1 is 0.456 bits per heavy atom. The highest BCUT2D eigenvalue weighted by Crippen LogP contribution is 2.43. The zero-order valence-electron chi connectivity index (χ0n) is 51.8. The van der Waals surface area contributed by atoms with E-state index in [0.29, 0.717) is 17.4 Å². The van der Waals surface area contributed by atoms with Gasteiger partial charge in [-0.25, -0.2) is 4.57 Å². The van der Waals surface area contributed by atoms with Crippen molar-refractivity contribution in [2.24, 2.45) is 0 Å². The number of nitrogens with zero attached hydrogens (tertiary/aromatic N) is 1. The van der Waals surface area contributed by atoms with Gasteiger partial charge >= 0.3 is 13.8 Å². The van der Waals surface area contributed by atoms with Gasteiger partial charge in [0.15, 0.2) is 0 Å². The Morgan fingerprint density at radius 3 is 1.27 bits per heavy atom. The summed E-state index contributed by atoms with van der Waals surface area (Å²) in [5.74, 6) is -0.580. The molecule has 0 aliphatic rings. The first-order valence-corrected chi connectivity index (χ1v) is 33.7. The molecule has 0 aliphatic heterocycles. The van der Waals surface area contributed by atoms with Crippen molar-refractivity contribution >= 4 is 19.7 Å². The third kappa shape index (κ3) is 59.1. The average Bonchev–Trinajstić information content (AvgIpc) is 3.41. The number of hydrogen-bond acceptors (Lipinski definition) is 6. The lowest BCUT2D eigenvalue weighted by Crippen LogP contribution is -2.47. The largest absolute Gasteiger partial charge is 0.472 e. The maximum atomic E-state index is 13.5. The van der Waals surface area contributed by atoms with Crippen molar-refractivity contribution in [1.82, 2.24) is 5.32 Å². The van der Waals surface area contributed by atoms with Crippen LogP contribution in [0.3, 0.4) is 0 Å². The predicted octanol–water partition coefficient (Wildman–Crippen LogP) is 20.1. The highest BCUT2D eigenvalue weighted by atomic mass is 31.2. The number of quaternary nitrogens is 1. The van der Waals surface area contributed by atoms with Crippen molar-refractivity contribution < 1.29 is 37.3 Å². The van der Waals surface area contributed by atoms with Gasteiger partial charge in [-0.2, -0.15) is 0 Å². The number of phosphoric ester groups is 1. The minimum Gasteiger partial charge on any atom is -0.456 e. The first-order valence-electron chi connectivity index (χ1n) is 32.2. The summed E-state index contributed by atoms with van der Waals surface area (Å²) in [4.78, 5) is 37.7. The standard InChI is InChI=1S/C69H121N2O7P/c1-7-10-13-16-19-22-25-28-30-32-33-34-35-36-37-39-41-44-47-50-53-56-59-62-69(73)78-67(60-57-54-51-48-45-42-27-24-21-18-15-12-9-3)66(65-77-79(74,75)76-64-63-71(4,5)6)70-68(72)61-58-55-52-49-46-43-40-38-31-29-26-23-20-17-14-11-8-2/h11,14,19-20,22-23,28-31,33-34,40,43,49,52,57,60,66-67H,7-10,12-13,15-18,21,24-27,32,35-39,41-42,44-48,50-51,53-56,58-59,61-65H2,1-6H3,(H-,70,72,74,75)/p+1/b14-11-,22-19-,23-20-,30-28-,31-29-,34-33-,43-40-,52-49-,60-57-. The number of carbonyl (C=O) groups excluding carboxylic acids is 2. The van der Waals surface area contributed by atoms with Crippen LogP contribution >= 0.6 is 7.82 Å². The van der Waals surface area contributed by atoms with Crippen LogP contribution in [0.15, 0.2) is 109 Å². The quantitative estimate of drug-likeness (QED) is 0.0205. The van der Waals surface area contributed by atoms with Crippen LogP contribution in [0.1, 0.15) is 265 Å². The third-order valence-electron chi connectivity index (χ3n) is 13.7. The molecule has 0 aliphatic carbocycles. The molecule has 0 heterocycles. The molecule has 1 amide bonds. The van der Waals surface area contributed by atoms with Crippen LogP contribution in [0, 0.1) is 0 Å². The van der Waals surface area contributed by atoms with Crippen molar-refractivity contribution in [2.75, 3.05) is 40.9 Å². The minimum absolute atomic E-state index is 0.0240. The van der Waals surface area contributed by atoms with Gasteiger partial charge in [0, 0.05) is 12.8 Å². The van der Waals surface area contributed by atoms with E-state index in [1.165, 1.54) is 122 Å². The summed E-state index contributed by atoms with van der Waals surface area (Å²) >= 11 is 0. The van der Waals surface area contributed by atoms with Crippen molar-refractivity contribution in [3.8, 4) is 0 Å². The maximum Gasteiger partial charge on any atom is 0.472 e. The Hall–Kier alpha value is -3.33. The van der Waals surface area contributed by atoms with Crippen LogP contribution < -0.4 is 5.32 Å². The van der Waals surface area contributed by atoms with Crippen molar-refractivity contribution in [2.45, 2.75) is 277 Å². The number of ether oxygens (including phenoxy) is 1. The minimum atomic E-state index is -4.47. The Balaban J connectivity index is 5.30. The summed E-state index contributed by atoms with van der Waals surface area (Å²) in [5, 5.41) is 3.02. The Bertz CT molecular complexity index is 1720. The lowest BCUT2D eigenvalue weighted by Gasteiger charge is -2.27. The van der Waals surface area contributed by atoms with Gasteiger partial charge < -0.3 is 19.4 Å². The molecule has 3 unspecified atom stereocenters. The summed E-state index contributed by atoms with van der Waals surface area (Å²) < 4.78 is 30.7. The number of allylic oxidation sites excluding steroid dienone is 17. The maximum absolute atomic E-state index is 13.5. The molecular formula is C69H122N2O7P+. The summed E-state index contributed by atoms with van der Waals surface area (Å²) in [6.07, 6.45) is 79.5. The normalized spacial score (nSPS) is 14.4. The summed E-state index contributed by atoms with van der Waals surface area (Å²) in [7, 11) is 1.45. The zero-order chi connectivity index (χ0) is 57.9. The van der Waals surface area contributed by atoms with Crippen LogP contribution in [-0.4, -0.2) is 74.3 Å². The number of rotatable bonds is 57. The summed E-state index contributed by atoms with van der Waals surface area (Å²) in [6, 6.07) is -0.887. The molecule has 0 bridgehead atoms. The van der Waals surface area contributed by atoms with E-state index in [2.05, 4.69) is 123 Å². The van der Waals surface area contributed by atoms with E-state index in [9.17, 15) is 19.0 Å². The van der Waals surface area contributed by atoms with Gasteiger partial charge in [-0.1, -0.05) is 252 Å². The molecule has 0 aromatic rings. The monoisotopic (exact) mass is 1120 g/mol. The van der Waals surface area contributed by atoms with Gasteiger partial charge in [0.05, 0.1) is 33.8 Å². The summed E-state index contributed by atoms with van der Waals surface area (Å²) in [5.41, 5.74) is 0. The molecular weight excluding hydrogens is 1000 g/mol. The van der Waals surface area contributed by atoms with E-state index >= 15 is 0 Å². The number of amides is 1. The topological polar surface area (TPSA) is 111 Å². The average molecular weight is 1120 g/mol. The molecule has 0 radical (unpaired) electrons. The molecule has 0 fully saturated rings. The number of likely N-dealkylation sites (N-methyl/N-ethyl adjacent to an activating group) is 1. The molecule has 0 saturated heterocycles.